The highest BCUT2D eigenvalue weighted by atomic mass is 32.1. The number of rotatable bonds is 6. The third-order valence-corrected chi connectivity index (χ3v) is 4.09. The van der Waals surface area contributed by atoms with Crippen molar-refractivity contribution in [3.05, 3.63) is 51.5 Å². The van der Waals surface area contributed by atoms with Crippen LogP contribution in [-0.2, 0) is 6.42 Å². The van der Waals surface area contributed by atoms with Gasteiger partial charge in [0.25, 0.3) is 0 Å². The molecule has 0 aliphatic carbocycles. The van der Waals surface area contributed by atoms with Gasteiger partial charge in [0.2, 0.25) is 0 Å². The van der Waals surface area contributed by atoms with Gasteiger partial charge in [-0.2, -0.15) is 0 Å². The maximum absolute atomic E-state index is 13.8. The fourth-order valence-corrected chi connectivity index (χ4v) is 2.90. The van der Waals surface area contributed by atoms with E-state index in [1.165, 1.54) is 12.1 Å². The van der Waals surface area contributed by atoms with Crippen molar-refractivity contribution in [2.24, 2.45) is 0 Å². The van der Waals surface area contributed by atoms with Gasteiger partial charge in [-0.15, -0.1) is 11.3 Å². The van der Waals surface area contributed by atoms with Crippen LogP contribution in [0.5, 0.6) is 0 Å². The zero-order valence-electron chi connectivity index (χ0n) is 11.6. The first-order chi connectivity index (χ1) is 9.60. The van der Waals surface area contributed by atoms with Crippen LogP contribution in [0.2, 0.25) is 0 Å². The minimum Gasteiger partial charge on any atom is -0.309 e. The smallest absolute Gasteiger partial charge is 0.129 e. The number of benzene rings is 1. The highest BCUT2D eigenvalue weighted by Crippen LogP contribution is 2.25. The molecule has 1 N–H and O–H groups in total. The topological polar surface area (TPSA) is 24.9 Å². The average Bonchev–Trinajstić information content (AvgIpc) is 2.83. The summed E-state index contributed by atoms with van der Waals surface area (Å²) >= 11 is 1.60. The second kappa shape index (κ2) is 6.90. The maximum Gasteiger partial charge on any atom is 0.129 e. The number of hydrogen-bond acceptors (Lipinski definition) is 3. The minimum atomic E-state index is -0.544. The third kappa shape index (κ3) is 3.84. The lowest BCUT2D eigenvalue weighted by Gasteiger charge is -2.17. The van der Waals surface area contributed by atoms with Gasteiger partial charge in [-0.1, -0.05) is 13.0 Å². The molecule has 0 aliphatic rings. The normalized spacial score (nSPS) is 12.6. The summed E-state index contributed by atoms with van der Waals surface area (Å²) in [4.78, 5) is 5.33. The zero-order chi connectivity index (χ0) is 14.5. The fourth-order valence-electron chi connectivity index (χ4n) is 2.04. The summed E-state index contributed by atoms with van der Waals surface area (Å²) in [5, 5.41) is 4.39. The first-order valence-corrected chi connectivity index (χ1v) is 7.51. The average molecular weight is 296 g/mol. The number of aryl methyl sites for hydroxylation is 1. The van der Waals surface area contributed by atoms with Crippen LogP contribution in [0.4, 0.5) is 8.78 Å². The first kappa shape index (κ1) is 15.1. The fraction of sp³-hybridized carbons (Fsp3) is 0.400. The summed E-state index contributed by atoms with van der Waals surface area (Å²) in [6.45, 7) is 4.88. The van der Waals surface area contributed by atoms with Crippen LogP contribution in [0.1, 0.15) is 34.8 Å². The van der Waals surface area contributed by atoms with Gasteiger partial charge in [-0.25, -0.2) is 13.8 Å². The molecule has 1 heterocycles. The van der Waals surface area contributed by atoms with Crippen LogP contribution in [-0.4, -0.2) is 11.5 Å². The summed E-state index contributed by atoms with van der Waals surface area (Å²) in [6.07, 6.45) is 3.32. The van der Waals surface area contributed by atoms with Crippen molar-refractivity contribution >= 4 is 11.3 Å². The highest BCUT2D eigenvalue weighted by Gasteiger charge is 2.16. The highest BCUT2D eigenvalue weighted by molar-refractivity contribution is 7.11. The molecule has 0 spiro atoms. The molecule has 0 saturated heterocycles. The van der Waals surface area contributed by atoms with Crippen molar-refractivity contribution in [2.75, 3.05) is 6.54 Å². The van der Waals surface area contributed by atoms with E-state index in [0.29, 0.717) is 12.0 Å². The van der Waals surface area contributed by atoms with E-state index in [0.717, 1.165) is 28.9 Å². The Hall–Kier alpha value is -1.33. The first-order valence-electron chi connectivity index (χ1n) is 6.69. The molecule has 0 aliphatic heterocycles. The predicted molar refractivity (Wildman–Crippen MR) is 77.9 cm³/mol. The molecule has 2 rings (SSSR count). The van der Waals surface area contributed by atoms with E-state index in [1.807, 2.05) is 13.1 Å². The molecule has 0 bridgehead atoms. The number of thiazole rings is 1. The Morgan fingerprint density at radius 3 is 2.75 bits per heavy atom. The van der Waals surface area contributed by atoms with Crippen molar-refractivity contribution in [2.45, 2.75) is 32.7 Å². The molecule has 0 saturated carbocycles. The van der Waals surface area contributed by atoms with Gasteiger partial charge in [0.1, 0.15) is 11.6 Å². The summed E-state index contributed by atoms with van der Waals surface area (Å²) < 4.78 is 26.7. The van der Waals surface area contributed by atoms with Crippen molar-refractivity contribution in [3.63, 3.8) is 0 Å². The number of hydrogen-bond donors (Lipinski definition) is 1. The Bertz CT molecular complexity index is 569. The number of nitrogens with zero attached hydrogens (tertiary/aromatic N) is 1. The molecule has 0 fully saturated rings. The van der Waals surface area contributed by atoms with Crippen LogP contribution >= 0.6 is 11.3 Å². The summed E-state index contributed by atoms with van der Waals surface area (Å²) in [6, 6.07) is 3.76. The van der Waals surface area contributed by atoms with E-state index >= 15 is 0 Å². The Morgan fingerprint density at radius 2 is 2.15 bits per heavy atom. The molecule has 0 radical (unpaired) electrons. The van der Waals surface area contributed by atoms with E-state index in [2.05, 4.69) is 17.2 Å². The van der Waals surface area contributed by atoms with Gasteiger partial charge in [0.05, 0.1) is 5.01 Å². The van der Waals surface area contributed by atoms with E-state index in [1.54, 1.807) is 11.3 Å². The third-order valence-electron chi connectivity index (χ3n) is 3.06. The van der Waals surface area contributed by atoms with Crippen molar-refractivity contribution < 1.29 is 8.78 Å². The Labute approximate surface area is 121 Å². The second-order valence-electron chi connectivity index (χ2n) is 4.73. The molecular weight excluding hydrogens is 278 g/mol. The number of halogens is 2. The van der Waals surface area contributed by atoms with E-state index in [9.17, 15) is 8.78 Å². The largest absolute Gasteiger partial charge is 0.309 e. The molecule has 1 unspecified atom stereocenters. The Balaban J connectivity index is 2.18. The lowest BCUT2D eigenvalue weighted by atomic mass is 10.0. The van der Waals surface area contributed by atoms with Crippen LogP contribution in [0.15, 0.2) is 24.4 Å². The van der Waals surface area contributed by atoms with Gasteiger partial charge in [-0.05, 0) is 37.9 Å². The summed E-state index contributed by atoms with van der Waals surface area (Å²) in [5.41, 5.74) is 0.519. The van der Waals surface area contributed by atoms with E-state index < -0.39 is 11.6 Å². The minimum absolute atomic E-state index is 0.0149. The maximum atomic E-state index is 13.8. The molecule has 1 aromatic heterocycles. The van der Waals surface area contributed by atoms with Crippen LogP contribution in [0, 0.1) is 18.6 Å². The predicted octanol–water partition coefficient (Wildman–Crippen LogP) is 4.01. The van der Waals surface area contributed by atoms with E-state index in [4.69, 9.17) is 0 Å². The van der Waals surface area contributed by atoms with Crippen molar-refractivity contribution in [3.8, 4) is 0 Å². The van der Waals surface area contributed by atoms with Gasteiger partial charge in [0, 0.05) is 23.2 Å². The van der Waals surface area contributed by atoms with Crippen molar-refractivity contribution in [1.82, 2.24) is 10.3 Å². The molecule has 2 nitrogen and oxygen atoms in total. The van der Waals surface area contributed by atoms with Gasteiger partial charge >= 0.3 is 0 Å². The van der Waals surface area contributed by atoms with Gasteiger partial charge in [-0.3, -0.25) is 0 Å². The monoisotopic (exact) mass is 296 g/mol. The van der Waals surface area contributed by atoms with Crippen LogP contribution in [0.3, 0.4) is 0 Å². The Kier molecular flexibility index (Phi) is 5.20. The molecule has 20 heavy (non-hydrogen) atoms. The molecule has 108 valence electrons. The Morgan fingerprint density at radius 1 is 1.35 bits per heavy atom. The molecule has 1 aromatic carbocycles. The number of nitrogens with one attached hydrogen (secondary N) is 1. The lowest BCUT2D eigenvalue weighted by Crippen LogP contribution is -2.23. The number of aromatic nitrogens is 1. The molecular formula is C15H18F2N2S. The molecule has 0 amide bonds. The van der Waals surface area contributed by atoms with Gasteiger partial charge < -0.3 is 5.32 Å². The van der Waals surface area contributed by atoms with Crippen LogP contribution in [0.25, 0.3) is 0 Å². The summed E-state index contributed by atoms with van der Waals surface area (Å²) in [7, 11) is 0. The molecule has 5 heteroatoms. The van der Waals surface area contributed by atoms with E-state index in [-0.39, 0.29) is 6.04 Å². The lowest BCUT2D eigenvalue weighted by molar-refractivity contribution is 0.513. The van der Waals surface area contributed by atoms with Crippen molar-refractivity contribution in [1.29, 1.82) is 0 Å². The second-order valence-corrected chi connectivity index (χ2v) is 5.99. The molecule has 2 aromatic rings. The standard InChI is InChI=1S/C15H18F2N2S/c1-3-6-18-14(15-9-19-10(2)20-15)7-11-4-5-12(16)8-13(11)17/h4-5,8-9,14,18H,3,6-7H2,1-2H3. The van der Waals surface area contributed by atoms with Crippen LogP contribution < -0.4 is 5.32 Å². The zero-order valence-corrected chi connectivity index (χ0v) is 12.4. The summed E-state index contributed by atoms with van der Waals surface area (Å²) in [5.74, 6) is -1.03. The van der Waals surface area contributed by atoms with Gasteiger partial charge in [0.15, 0.2) is 0 Å². The SMILES string of the molecule is CCCNC(Cc1ccc(F)cc1F)c1cnc(C)s1. The molecule has 1 atom stereocenters. The quantitative estimate of drug-likeness (QED) is 0.871.